The molecule has 30 heavy (non-hydrogen) atoms. The van der Waals surface area contributed by atoms with E-state index in [1.807, 2.05) is 25.9 Å². The Morgan fingerprint density at radius 1 is 1.37 bits per heavy atom. The van der Waals surface area contributed by atoms with Crippen molar-refractivity contribution in [2.75, 3.05) is 14.1 Å². The normalized spacial score (nSPS) is 16.1. The number of nitrogens with one attached hydrogen (secondary N) is 1. The lowest BCUT2D eigenvalue weighted by Gasteiger charge is -2.38. The Kier molecular flexibility index (Phi) is 6.33. The molecule has 0 radical (unpaired) electrons. The lowest BCUT2D eigenvalue weighted by Crippen LogP contribution is -2.48. The van der Waals surface area contributed by atoms with E-state index >= 15 is 4.39 Å². The first-order valence-electron chi connectivity index (χ1n) is 9.83. The van der Waals surface area contributed by atoms with Crippen molar-refractivity contribution >= 4 is 17.6 Å². The van der Waals surface area contributed by atoms with Gasteiger partial charge in [-0.2, -0.15) is 4.39 Å². The molecular formula is C24H26F2N2OS. The van der Waals surface area contributed by atoms with Crippen molar-refractivity contribution in [3.63, 3.8) is 0 Å². The zero-order chi connectivity index (χ0) is 22.1. The molecule has 1 aromatic carbocycles. The number of halogens is 2. The third-order valence-corrected chi connectivity index (χ3v) is 6.78. The van der Waals surface area contributed by atoms with Gasteiger partial charge in [0.1, 0.15) is 12.1 Å². The van der Waals surface area contributed by atoms with E-state index in [4.69, 9.17) is 0 Å². The van der Waals surface area contributed by atoms with Crippen LogP contribution in [0.15, 0.2) is 36.7 Å². The lowest BCUT2D eigenvalue weighted by molar-refractivity contribution is -0.114. The van der Waals surface area contributed by atoms with Gasteiger partial charge in [-0.15, -0.1) is 17.3 Å². The number of rotatable bonds is 8. The molecule has 3 nitrogen and oxygen atoms in total. The van der Waals surface area contributed by atoms with Crippen LogP contribution in [0.4, 0.5) is 8.78 Å². The molecule has 1 fully saturated rings. The quantitative estimate of drug-likeness (QED) is 0.467. The number of benzene rings is 1. The third-order valence-electron chi connectivity index (χ3n) is 5.62. The molecule has 1 aliphatic rings. The van der Waals surface area contributed by atoms with Crippen LogP contribution in [0.25, 0.3) is 11.1 Å². The van der Waals surface area contributed by atoms with Gasteiger partial charge in [-0.3, -0.25) is 0 Å². The van der Waals surface area contributed by atoms with Crippen molar-refractivity contribution < 1.29 is 13.6 Å². The van der Waals surface area contributed by atoms with Crippen molar-refractivity contribution in [1.82, 2.24) is 10.2 Å². The number of nitrogens with zero attached hydrogens (tertiary/aromatic N) is 1. The van der Waals surface area contributed by atoms with Crippen molar-refractivity contribution in [3.8, 4) is 23.0 Å². The summed E-state index contributed by atoms with van der Waals surface area (Å²) in [5, 5.41) is 3.00. The Bertz CT molecular complexity index is 1030. The van der Waals surface area contributed by atoms with Crippen LogP contribution in [-0.4, -0.2) is 25.3 Å². The van der Waals surface area contributed by atoms with E-state index in [-0.39, 0.29) is 22.5 Å². The van der Waals surface area contributed by atoms with Gasteiger partial charge in [0.15, 0.2) is 5.13 Å². The monoisotopic (exact) mass is 428 g/mol. The highest BCUT2D eigenvalue weighted by atomic mass is 32.1. The molecule has 2 aromatic rings. The fraction of sp³-hybridized carbons (Fsp3) is 0.375. The average molecular weight is 429 g/mol. The van der Waals surface area contributed by atoms with Gasteiger partial charge in [-0.1, -0.05) is 18.6 Å². The topological polar surface area (TPSA) is 32.3 Å². The summed E-state index contributed by atoms with van der Waals surface area (Å²) in [6.45, 7) is 7.59. The van der Waals surface area contributed by atoms with Gasteiger partial charge in [0.25, 0.3) is 0 Å². The van der Waals surface area contributed by atoms with E-state index in [2.05, 4.69) is 23.7 Å². The smallest absolute Gasteiger partial charge is 0.184 e. The van der Waals surface area contributed by atoms with Gasteiger partial charge in [0, 0.05) is 30.5 Å². The van der Waals surface area contributed by atoms with Crippen molar-refractivity contribution in [1.29, 1.82) is 0 Å². The number of hydrogen-bond acceptors (Lipinski definition) is 4. The largest absolute Gasteiger partial charge is 0.365 e. The summed E-state index contributed by atoms with van der Waals surface area (Å²) in [5.41, 5.74) is 0.350. The number of aldehydes is 1. The zero-order valence-corrected chi connectivity index (χ0v) is 18.5. The summed E-state index contributed by atoms with van der Waals surface area (Å²) in [5.74, 6) is 5.55. The van der Waals surface area contributed by atoms with Crippen LogP contribution < -0.4 is 5.32 Å². The maximum atomic E-state index is 15.1. The third kappa shape index (κ3) is 4.27. The van der Waals surface area contributed by atoms with Gasteiger partial charge >= 0.3 is 0 Å². The van der Waals surface area contributed by atoms with Crippen LogP contribution in [0.2, 0.25) is 0 Å². The summed E-state index contributed by atoms with van der Waals surface area (Å²) < 4.78 is 29.0. The van der Waals surface area contributed by atoms with Gasteiger partial charge < -0.3 is 15.0 Å². The predicted octanol–water partition coefficient (Wildman–Crippen LogP) is 5.13. The van der Waals surface area contributed by atoms with E-state index in [0.717, 1.165) is 30.5 Å². The van der Waals surface area contributed by atoms with Crippen LogP contribution >= 0.6 is 11.3 Å². The fourth-order valence-electron chi connectivity index (χ4n) is 3.64. The molecule has 6 heteroatoms. The molecule has 0 bridgehead atoms. The molecule has 0 spiro atoms. The molecule has 1 N–H and O–H groups in total. The van der Waals surface area contributed by atoms with Crippen LogP contribution in [-0.2, 0) is 10.3 Å². The molecule has 1 saturated carbocycles. The summed E-state index contributed by atoms with van der Waals surface area (Å²) in [4.78, 5) is 14.6. The first-order valence-corrected chi connectivity index (χ1v) is 10.6. The molecule has 158 valence electrons. The highest BCUT2D eigenvalue weighted by Crippen LogP contribution is 2.48. The highest BCUT2D eigenvalue weighted by molar-refractivity contribution is 7.11. The number of thiophene rings is 1. The molecule has 0 amide bonds. The zero-order valence-electron chi connectivity index (χ0n) is 17.7. The number of carbonyl (C=O) groups excluding carboxylic acids is 1. The van der Waals surface area contributed by atoms with Gasteiger partial charge in [0.2, 0.25) is 0 Å². The van der Waals surface area contributed by atoms with Crippen LogP contribution in [0.5, 0.6) is 0 Å². The van der Waals surface area contributed by atoms with E-state index in [9.17, 15) is 9.18 Å². The predicted molar refractivity (Wildman–Crippen MR) is 118 cm³/mol. The molecule has 0 saturated heterocycles. The van der Waals surface area contributed by atoms with Crippen molar-refractivity contribution in [2.24, 2.45) is 11.8 Å². The van der Waals surface area contributed by atoms with E-state index in [0.29, 0.717) is 21.8 Å². The first-order chi connectivity index (χ1) is 14.2. The second-order valence-corrected chi connectivity index (χ2v) is 9.04. The maximum Gasteiger partial charge on any atom is 0.184 e. The van der Waals surface area contributed by atoms with Gasteiger partial charge in [-0.25, -0.2) is 4.39 Å². The van der Waals surface area contributed by atoms with Gasteiger partial charge in [0.05, 0.1) is 16.9 Å². The fourth-order valence-corrected chi connectivity index (χ4v) is 4.70. The average Bonchev–Trinajstić information content (AvgIpc) is 3.44. The molecular weight excluding hydrogens is 402 g/mol. The second-order valence-electron chi connectivity index (χ2n) is 8.04. The molecule has 2 unspecified atom stereocenters. The number of hydrogen-bond donors (Lipinski definition) is 1. The highest BCUT2D eigenvalue weighted by Gasteiger charge is 2.46. The summed E-state index contributed by atoms with van der Waals surface area (Å²) in [6.07, 6.45) is 2.93. The summed E-state index contributed by atoms with van der Waals surface area (Å²) >= 11 is 1.00. The molecule has 1 heterocycles. The second kappa shape index (κ2) is 8.61. The Morgan fingerprint density at radius 2 is 2.07 bits per heavy atom. The van der Waals surface area contributed by atoms with Crippen LogP contribution in [0.3, 0.4) is 0 Å². The summed E-state index contributed by atoms with van der Waals surface area (Å²) in [7, 11) is 3.72. The van der Waals surface area contributed by atoms with Crippen molar-refractivity contribution in [3.05, 3.63) is 58.1 Å². The molecule has 2 atom stereocenters. The van der Waals surface area contributed by atoms with Crippen molar-refractivity contribution in [2.45, 2.75) is 32.2 Å². The first kappa shape index (κ1) is 22.0. The molecule has 0 aliphatic heterocycles. The van der Waals surface area contributed by atoms with E-state index < -0.39 is 11.4 Å². The Balaban J connectivity index is 2.08. The lowest BCUT2D eigenvalue weighted by atomic mass is 9.81. The van der Waals surface area contributed by atoms with E-state index in [1.165, 1.54) is 6.07 Å². The van der Waals surface area contributed by atoms with Gasteiger partial charge in [-0.05, 0) is 56.4 Å². The maximum absolute atomic E-state index is 15.1. The minimum Gasteiger partial charge on any atom is -0.365 e. The van der Waals surface area contributed by atoms with Crippen LogP contribution in [0.1, 0.15) is 37.1 Å². The SMILES string of the molecule is C=C(NC(C)(c1cc(-c2ccc(F)c(C#CC)c2)c(F)s1)C(C=O)C1CC1)N(C)C. The Morgan fingerprint density at radius 3 is 2.63 bits per heavy atom. The standard InChI is InChI=1S/C24H26F2N2OS/c1-6-7-18-12-17(10-11-21(18)25)19-13-22(30-23(19)26)24(3,27-15(2)28(4)5)20(14-29)16-8-9-16/h10-14,16,20,27H,2,8-9H2,1,3-5H3. The summed E-state index contributed by atoms with van der Waals surface area (Å²) in [6, 6.07) is 6.16. The minimum atomic E-state index is -0.805. The Labute approximate surface area is 180 Å². The Hall–Kier alpha value is -2.65. The van der Waals surface area contributed by atoms with E-state index in [1.54, 1.807) is 25.1 Å². The number of carbonyl (C=O) groups is 1. The molecule has 1 aliphatic carbocycles. The van der Waals surface area contributed by atoms with Crippen LogP contribution in [0, 0.1) is 34.6 Å². The minimum absolute atomic E-state index is 0.229. The molecule has 3 rings (SSSR count). The molecule has 1 aromatic heterocycles.